The number of hydrogen-bond donors (Lipinski definition) is 0. The zero-order valence-corrected chi connectivity index (χ0v) is 11.4. The van der Waals surface area contributed by atoms with Crippen molar-refractivity contribution in [2.24, 2.45) is 5.92 Å². The minimum Gasteiger partial charge on any atom is -0.355 e. The van der Waals surface area contributed by atoms with Crippen LogP contribution in [0.4, 0.5) is 19.0 Å². The van der Waals surface area contributed by atoms with Crippen LogP contribution in [0.1, 0.15) is 19.0 Å². The third kappa shape index (κ3) is 2.93. The molecule has 0 N–H and O–H groups in total. The maximum atomic E-state index is 12.4. The van der Waals surface area contributed by atoms with Crippen molar-refractivity contribution < 1.29 is 13.2 Å². The summed E-state index contributed by atoms with van der Waals surface area (Å²) in [6.07, 6.45) is -3.48. The van der Waals surface area contributed by atoms with Gasteiger partial charge in [-0.2, -0.15) is 13.2 Å². The van der Waals surface area contributed by atoms with E-state index in [0.29, 0.717) is 16.6 Å². The lowest BCUT2D eigenvalue weighted by molar-refractivity contribution is -0.141. The highest BCUT2D eigenvalue weighted by atomic mass is 79.9. The summed E-state index contributed by atoms with van der Waals surface area (Å²) in [6.45, 7) is 3.65. The van der Waals surface area contributed by atoms with E-state index >= 15 is 0 Å². The molecular weight excluding hydrogens is 311 g/mol. The number of anilines is 1. The molecule has 2 atom stereocenters. The van der Waals surface area contributed by atoms with Crippen molar-refractivity contribution >= 4 is 21.7 Å². The third-order valence-electron chi connectivity index (χ3n) is 3.07. The Morgan fingerprint density at radius 2 is 2.06 bits per heavy atom. The zero-order valence-electron chi connectivity index (χ0n) is 9.78. The number of halogens is 4. The number of piperidine rings is 1. The fourth-order valence-corrected chi connectivity index (χ4v) is 2.34. The van der Waals surface area contributed by atoms with Crippen LogP contribution in [0.25, 0.3) is 0 Å². The van der Waals surface area contributed by atoms with Gasteiger partial charge in [0.1, 0.15) is 0 Å². The smallest absolute Gasteiger partial charge is 0.355 e. The van der Waals surface area contributed by atoms with Gasteiger partial charge in [0.2, 0.25) is 0 Å². The van der Waals surface area contributed by atoms with Gasteiger partial charge in [0.15, 0.2) is 11.5 Å². The van der Waals surface area contributed by atoms with Crippen LogP contribution in [0.5, 0.6) is 0 Å². The molecule has 0 bridgehead atoms. The molecule has 1 saturated heterocycles. The lowest BCUT2D eigenvalue weighted by Crippen LogP contribution is -2.40. The van der Waals surface area contributed by atoms with Crippen molar-refractivity contribution in [3.8, 4) is 0 Å². The maximum Gasteiger partial charge on any atom is 0.435 e. The van der Waals surface area contributed by atoms with Gasteiger partial charge in [0.05, 0.1) is 0 Å². The first kappa shape index (κ1) is 13.6. The molecule has 0 aromatic carbocycles. The van der Waals surface area contributed by atoms with Gasteiger partial charge in [-0.1, -0.05) is 22.9 Å². The van der Waals surface area contributed by atoms with Gasteiger partial charge in [-0.25, -0.2) is 0 Å². The number of hydrogen-bond acceptors (Lipinski definition) is 3. The van der Waals surface area contributed by atoms with Crippen LogP contribution in [0.2, 0.25) is 0 Å². The fraction of sp³-hybridized carbons (Fsp3) is 0.636. The molecule has 7 heteroatoms. The Bertz CT molecular complexity index is 407. The molecule has 0 amide bonds. The van der Waals surface area contributed by atoms with Crippen molar-refractivity contribution in [1.82, 2.24) is 10.2 Å². The van der Waals surface area contributed by atoms with Crippen molar-refractivity contribution in [2.45, 2.75) is 24.3 Å². The van der Waals surface area contributed by atoms with Gasteiger partial charge < -0.3 is 4.90 Å². The molecule has 0 radical (unpaired) electrons. The van der Waals surface area contributed by atoms with Crippen molar-refractivity contribution in [3.05, 3.63) is 17.8 Å². The van der Waals surface area contributed by atoms with Crippen LogP contribution in [-0.4, -0.2) is 28.1 Å². The summed E-state index contributed by atoms with van der Waals surface area (Å²) >= 11 is 3.58. The summed E-state index contributed by atoms with van der Waals surface area (Å²) in [6, 6.07) is 2.37. The van der Waals surface area contributed by atoms with Crippen LogP contribution in [0, 0.1) is 5.92 Å². The highest BCUT2D eigenvalue weighted by molar-refractivity contribution is 9.09. The average molecular weight is 324 g/mol. The van der Waals surface area contributed by atoms with E-state index in [2.05, 4.69) is 33.1 Å². The van der Waals surface area contributed by atoms with Gasteiger partial charge in [-0.05, 0) is 24.5 Å². The van der Waals surface area contributed by atoms with E-state index in [9.17, 15) is 13.2 Å². The van der Waals surface area contributed by atoms with E-state index in [1.807, 2.05) is 4.90 Å². The number of aromatic nitrogens is 2. The fourth-order valence-electron chi connectivity index (χ4n) is 1.97. The molecule has 1 aliphatic rings. The number of rotatable bonds is 1. The molecule has 1 aromatic rings. The Kier molecular flexibility index (Phi) is 3.79. The zero-order chi connectivity index (χ0) is 13.3. The summed E-state index contributed by atoms with van der Waals surface area (Å²) < 4.78 is 37.1. The summed E-state index contributed by atoms with van der Waals surface area (Å²) in [5.74, 6) is 0.942. The molecule has 2 heterocycles. The van der Waals surface area contributed by atoms with Gasteiger partial charge in [0.25, 0.3) is 0 Å². The Morgan fingerprint density at radius 1 is 1.33 bits per heavy atom. The number of alkyl halides is 4. The molecule has 18 heavy (non-hydrogen) atoms. The number of nitrogens with zero attached hydrogens (tertiary/aromatic N) is 3. The summed E-state index contributed by atoms with van der Waals surface area (Å²) in [5.41, 5.74) is -0.949. The lowest BCUT2D eigenvalue weighted by atomic mass is 10.0. The van der Waals surface area contributed by atoms with Crippen LogP contribution in [0.3, 0.4) is 0 Å². The van der Waals surface area contributed by atoms with E-state index in [0.717, 1.165) is 25.6 Å². The van der Waals surface area contributed by atoms with Crippen LogP contribution in [0.15, 0.2) is 12.1 Å². The SMILES string of the molecule is CC1CN(c2ccc(C(F)(F)F)nn2)CCC1Br. The minimum atomic E-state index is -4.43. The van der Waals surface area contributed by atoms with Gasteiger partial charge in [-0.15, -0.1) is 10.2 Å². The molecule has 2 unspecified atom stereocenters. The molecule has 1 aromatic heterocycles. The second-order valence-electron chi connectivity index (χ2n) is 4.50. The second-order valence-corrected chi connectivity index (χ2v) is 5.68. The normalized spacial score (nSPS) is 25.3. The molecular formula is C11H13BrF3N3. The van der Waals surface area contributed by atoms with E-state index in [4.69, 9.17) is 0 Å². The van der Waals surface area contributed by atoms with E-state index in [1.165, 1.54) is 6.07 Å². The lowest BCUT2D eigenvalue weighted by Gasteiger charge is -2.34. The first-order chi connectivity index (χ1) is 8.38. The molecule has 3 nitrogen and oxygen atoms in total. The Morgan fingerprint density at radius 3 is 2.56 bits per heavy atom. The van der Waals surface area contributed by atoms with Crippen LogP contribution >= 0.6 is 15.9 Å². The molecule has 0 spiro atoms. The van der Waals surface area contributed by atoms with Crippen molar-refractivity contribution in [1.29, 1.82) is 0 Å². The highest BCUT2D eigenvalue weighted by Gasteiger charge is 2.33. The quantitative estimate of drug-likeness (QED) is 0.744. The third-order valence-corrected chi connectivity index (χ3v) is 4.43. The van der Waals surface area contributed by atoms with E-state index in [1.54, 1.807) is 0 Å². The highest BCUT2D eigenvalue weighted by Crippen LogP contribution is 2.29. The van der Waals surface area contributed by atoms with Gasteiger partial charge in [0, 0.05) is 17.9 Å². The maximum absolute atomic E-state index is 12.4. The van der Waals surface area contributed by atoms with Crippen molar-refractivity contribution in [2.75, 3.05) is 18.0 Å². The molecule has 100 valence electrons. The molecule has 2 rings (SSSR count). The largest absolute Gasteiger partial charge is 0.435 e. The summed E-state index contributed by atoms with van der Waals surface area (Å²) in [7, 11) is 0. The monoisotopic (exact) mass is 323 g/mol. The topological polar surface area (TPSA) is 29.0 Å². The predicted molar refractivity (Wildman–Crippen MR) is 65.7 cm³/mol. The average Bonchev–Trinajstić information content (AvgIpc) is 2.32. The molecule has 0 saturated carbocycles. The molecule has 1 aliphatic heterocycles. The van der Waals surface area contributed by atoms with Gasteiger partial charge in [-0.3, -0.25) is 0 Å². The summed E-state index contributed by atoms with van der Waals surface area (Å²) in [4.78, 5) is 2.42. The van der Waals surface area contributed by atoms with E-state index in [-0.39, 0.29) is 0 Å². The van der Waals surface area contributed by atoms with Gasteiger partial charge >= 0.3 is 6.18 Å². The van der Waals surface area contributed by atoms with Crippen molar-refractivity contribution in [3.63, 3.8) is 0 Å². The minimum absolute atomic E-state index is 0.433. The summed E-state index contributed by atoms with van der Waals surface area (Å²) in [5, 5.41) is 6.91. The predicted octanol–water partition coefficient (Wildman–Crippen LogP) is 3.11. The van der Waals surface area contributed by atoms with Crippen LogP contribution < -0.4 is 4.90 Å². The first-order valence-corrected chi connectivity index (χ1v) is 6.59. The first-order valence-electron chi connectivity index (χ1n) is 5.68. The van der Waals surface area contributed by atoms with E-state index < -0.39 is 11.9 Å². The molecule has 1 fully saturated rings. The van der Waals surface area contributed by atoms with Crippen LogP contribution in [-0.2, 0) is 6.18 Å². The standard InChI is InChI=1S/C11H13BrF3N3/c1-7-6-18(5-4-8(7)12)10-3-2-9(16-17-10)11(13,14)15/h2-3,7-8H,4-6H2,1H3. The molecule has 0 aliphatic carbocycles. The second kappa shape index (κ2) is 5.03. The Labute approximate surface area is 112 Å². The Hall–Kier alpha value is -0.850. The Balaban J connectivity index is 2.11.